The van der Waals surface area contributed by atoms with Crippen molar-refractivity contribution in [3.8, 4) is 5.75 Å². The van der Waals surface area contributed by atoms with Gasteiger partial charge in [0.2, 0.25) is 12.3 Å². The number of carbonyl (C=O) groups is 1. The van der Waals surface area contributed by atoms with Gasteiger partial charge in [-0.2, -0.15) is 0 Å². The lowest BCUT2D eigenvalue weighted by molar-refractivity contribution is -0.151. The summed E-state index contributed by atoms with van der Waals surface area (Å²) in [6.07, 6.45) is 4.11. The second kappa shape index (κ2) is 10.4. The van der Waals surface area contributed by atoms with Gasteiger partial charge in [-0.1, -0.05) is 55.5 Å². The van der Waals surface area contributed by atoms with Gasteiger partial charge in [-0.25, -0.2) is 5.06 Å². The molecule has 2 aromatic rings. The van der Waals surface area contributed by atoms with Crippen LogP contribution in [0, 0.1) is 0 Å². The Bertz CT molecular complexity index is 711. The van der Waals surface area contributed by atoms with Gasteiger partial charge in [-0.3, -0.25) is 10.0 Å². The van der Waals surface area contributed by atoms with Gasteiger partial charge in [0.25, 0.3) is 5.89 Å². The first-order valence-electron chi connectivity index (χ1n) is 8.35. The van der Waals surface area contributed by atoms with Crippen molar-refractivity contribution in [2.45, 2.75) is 45.1 Å². The highest BCUT2D eigenvalue weighted by atomic mass is 35.5. The maximum atomic E-state index is 10.7. The average molecular weight is 402 g/mol. The highest BCUT2D eigenvalue weighted by Crippen LogP contribution is 2.32. The number of hydrogen-bond donors (Lipinski definition) is 1. The minimum atomic E-state index is -0.243. The fourth-order valence-electron chi connectivity index (χ4n) is 2.43. The summed E-state index contributed by atoms with van der Waals surface area (Å²) in [5, 5.41) is 18.8. The molecule has 1 heterocycles. The molecule has 7 nitrogen and oxygen atoms in total. The van der Waals surface area contributed by atoms with E-state index in [-0.39, 0.29) is 25.0 Å². The molecule has 1 N–H and O–H groups in total. The predicted molar refractivity (Wildman–Crippen MR) is 96.5 cm³/mol. The Labute approximate surface area is 161 Å². The molecule has 0 spiro atoms. The molecule has 0 aliphatic heterocycles. The van der Waals surface area contributed by atoms with Crippen molar-refractivity contribution in [2.75, 3.05) is 6.54 Å². The van der Waals surface area contributed by atoms with Crippen LogP contribution in [0.4, 0.5) is 0 Å². The molecule has 0 fully saturated rings. The Kier molecular flexibility index (Phi) is 8.15. The van der Waals surface area contributed by atoms with Gasteiger partial charge in [0.1, 0.15) is 10.8 Å². The molecule has 1 amide bonds. The summed E-state index contributed by atoms with van der Waals surface area (Å²) >= 11 is 12.0. The van der Waals surface area contributed by atoms with E-state index in [2.05, 4.69) is 17.1 Å². The highest BCUT2D eigenvalue weighted by molar-refractivity contribution is 6.42. The molecule has 0 bridgehead atoms. The minimum Gasteiger partial charge on any atom is -0.482 e. The maximum Gasteiger partial charge on any atom is 0.253 e. The quantitative estimate of drug-likeness (QED) is 0.258. The van der Waals surface area contributed by atoms with Gasteiger partial charge < -0.3 is 9.15 Å². The fourth-order valence-corrected chi connectivity index (χ4v) is 2.77. The SMILES string of the molecule is CCCCC[C@H](CN(O)C=O)c1nnc(COc2cccc(Cl)c2Cl)o1. The van der Waals surface area contributed by atoms with Gasteiger partial charge >= 0.3 is 0 Å². The minimum absolute atomic E-state index is 0.0330. The van der Waals surface area contributed by atoms with Crippen LogP contribution in [0.25, 0.3) is 0 Å². The molecular formula is C17H21Cl2N3O4. The first-order valence-corrected chi connectivity index (χ1v) is 9.10. The van der Waals surface area contributed by atoms with Crippen LogP contribution < -0.4 is 4.74 Å². The summed E-state index contributed by atoms with van der Waals surface area (Å²) in [7, 11) is 0. The van der Waals surface area contributed by atoms with Crippen LogP contribution in [0.5, 0.6) is 5.75 Å². The van der Waals surface area contributed by atoms with Crippen molar-refractivity contribution < 1.29 is 19.2 Å². The number of halogens is 2. The Morgan fingerprint density at radius 1 is 1.35 bits per heavy atom. The molecule has 0 saturated carbocycles. The molecule has 26 heavy (non-hydrogen) atoms. The zero-order valence-corrected chi connectivity index (χ0v) is 15.9. The van der Waals surface area contributed by atoms with Crippen molar-refractivity contribution >= 4 is 29.6 Å². The summed E-state index contributed by atoms with van der Waals surface area (Å²) in [5.74, 6) is 0.804. The summed E-state index contributed by atoms with van der Waals surface area (Å²) < 4.78 is 11.2. The highest BCUT2D eigenvalue weighted by Gasteiger charge is 2.21. The molecule has 9 heteroatoms. The van der Waals surface area contributed by atoms with E-state index in [0.29, 0.717) is 33.2 Å². The summed E-state index contributed by atoms with van der Waals surface area (Å²) in [5.41, 5.74) is 0. The number of benzene rings is 1. The number of unbranched alkanes of at least 4 members (excludes halogenated alkanes) is 2. The number of nitrogens with zero attached hydrogens (tertiary/aromatic N) is 3. The Balaban J connectivity index is 2.02. The molecule has 1 aromatic carbocycles. The first kappa shape index (κ1) is 20.5. The lowest BCUT2D eigenvalue weighted by Crippen LogP contribution is -2.24. The monoisotopic (exact) mass is 401 g/mol. The van der Waals surface area contributed by atoms with Gasteiger partial charge in [0.15, 0.2) is 6.61 Å². The van der Waals surface area contributed by atoms with Crippen LogP contribution in [0.15, 0.2) is 22.6 Å². The van der Waals surface area contributed by atoms with Crippen LogP contribution in [0.1, 0.15) is 50.3 Å². The molecule has 142 valence electrons. The number of rotatable bonds is 11. The van der Waals surface area contributed by atoms with Crippen molar-refractivity contribution in [1.82, 2.24) is 15.3 Å². The van der Waals surface area contributed by atoms with Gasteiger partial charge in [-0.05, 0) is 18.6 Å². The standard InChI is InChI=1S/C17H21Cl2N3O4/c1-2-3-4-6-12(9-22(24)11-23)17-21-20-15(26-17)10-25-14-8-5-7-13(18)16(14)19/h5,7-8,11-12,24H,2-4,6,9-10H2,1H3/t12-/m1/s1. The van der Waals surface area contributed by atoms with Crippen molar-refractivity contribution in [2.24, 2.45) is 0 Å². The van der Waals surface area contributed by atoms with E-state index >= 15 is 0 Å². The van der Waals surface area contributed by atoms with E-state index in [1.807, 2.05) is 0 Å². The van der Waals surface area contributed by atoms with Crippen LogP contribution in [0.3, 0.4) is 0 Å². The number of ether oxygens (including phenoxy) is 1. The second-order valence-corrected chi connectivity index (χ2v) is 6.58. The fraction of sp³-hybridized carbons (Fsp3) is 0.471. The van der Waals surface area contributed by atoms with Crippen molar-refractivity contribution in [1.29, 1.82) is 0 Å². The van der Waals surface area contributed by atoms with Gasteiger partial charge in [0.05, 0.1) is 17.5 Å². The van der Waals surface area contributed by atoms with E-state index in [9.17, 15) is 10.0 Å². The molecule has 0 radical (unpaired) electrons. The molecular weight excluding hydrogens is 381 g/mol. The molecule has 0 aliphatic rings. The number of aromatic nitrogens is 2. The zero-order valence-electron chi connectivity index (χ0n) is 14.4. The second-order valence-electron chi connectivity index (χ2n) is 5.79. The smallest absolute Gasteiger partial charge is 0.253 e. The number of amides is 1. The van der Waals surface area contributed by atoms with Crippen LogP contribution in [-0.4, -0.2) is 33.4 Å². The molecule has 1 aromatic heterocycles. The average Bonchev–Trinajstić information content (AvgIpc) is 3.11. The van der Waals surface area contributed by atoms with Crippen LogP contribution in [0.2, 0.25) is 10.0 Å². The van der Waals surface area contributed by atoms with Crippen molar-refractivity contribution in [3.05, 3.63) is 40.0 Å². The van der Waals surface area contributed by atoms with Crippen LogP contribution in [-0.2, 0) is 11.4 Å². The van der Waals surface area contributed by atoms with Crippen molar-refractivity contribution in [3.63, 3.8) is 0 Å². The van der Waals surface area contributed by atoms with E-state index in [1.165, 1.54) is 0 Å². The topological polar surface area (TPSA) is 88.7 Å². The summed E-state index contributed by atoms with van der Waals surface area (Å²) in [4.78, 5) is 10.7. The third kappa shape index (κ3) is 5.86. The molecule has 0 saturated heterocycles. The van der Waals surface area contributed by atoms with Crippen LogP contribution >= 0.6 is 23.2 Å². The third-order valence-electron chi connectivity index (χ3n) is 3.78. The number of carbonyl (C=O) groups excluding carboxylic acids is 1. The lowest BCUT2D eigenvalue weighted by Gasteiger charge is -2.16. The number of hydroxylamine groups is 2. The number of hydrogen-bond acceptors (Lipinski definition) is 6. The normalized spacial score (nSPS) is 12.0. The molecule has 1 atom stereocenters. The predicted octanol–water partition coefficient (Wildman–Crippen LogP) is 4.47. The van der Waals surface area contributed by atoms with E-state index in [1.54, 1.807) is 18.2 Å². The first-order chi connectivity index (χ1) is 12.5. The Hall–Kier alpha value is -1.83. The maximum absolute atomic E-state index is 10.7. The zero-order chi connectivity index (χ0) is 18.9. The van der Waals surface area contributed by atoms with E-state index in [4.69, 9.17) is 32.4 Å². The Morgan fingerprint density at radius 2 is 2.15 bits per heavy atom. The van der Waals surface area contributed by atoms with Gasteiger partial charge in [0, 0.05) is 0 Å². The van der Waals surface area contributed by atoms with E-state index < -0.39 is 0 Å². The lowest BCUT2D eigenvalue weighted by atomic mass is 10.0. The molecule has 0 aliphatic carbocycles. The van der Waals surface area contributed by atoms with Gasteiger partial charge in [-0.15, -0.1) is 10.2 Å². The summed E-state index contributed by atoms with van der Waals surface area (Å²) in [6, 6.07) is 5.07. The summed E-state index contributed by atoms with van der Waals surface area (Å²) in [6.45, 7) is 2.23. The molecule has 0 unspecified atom stereocenters. The molecule has 2 rings (SSSR count). The third-order valence-corrected chi connectivity index (χ3v) is 4.59. The Morgan fingerprint density at radius 3 is 2.88 bits per heavy atom. The largest absolute Gasteiger partial charge is 0.482 e. The van der Waals surface area contributed by atoms with E-state index in [0.717, 1.165) is 25.7 Å².